The van der Waals surface area contributed by atoms with Gasteiger partial charge in [-0.2, -0.15) is 9.97 Å². The molecule has 5 heterocycles. The first kappa shape index (κ1) is 39.7. The van der Waals surface area contributed by atoms with Crippen LogP contribution >= 0.6 is 0 Å². The number of ether oxygens (including phenoxy) is 2. The summed E-state index contributed by atoms with van der Waals surface area (Å²) in [5, 5.41) is 23.5. The van der Waals surface area contributed by atoms with Crippen molar-refractivity contribution in [1.29, 1.82) is 0 Å². The zero-order chi connectivity index (χ0) is 41.5. The predicted octanol–water partition coefficient (Wildman–Crippen LogP) is -1.38. The molecular weight excluding hydrogens is 748 g/mol. The number of anilines is 3. The highest BCUT2D eigenvalue weighted by molar-refractivity contribution is 6.25. The number of benzene rings is 1. The Kier molecular flexibility index (Phi) is 10.7. The molecule has 0 bridgehead atoms. The average Bonchev–Trinajstić information content (AvgIpc) is 3.78. The van der Waals surface area contributed by atoms with Crippen LogP contribution < -0.4 is 38.5 Å². The van der Waals surface area contributed by atoms with E-state index < -0.39 is 47.4 Å². The molecule has 7 rings (SSSR count). The number of nitrogens with two attached hydrogens (primary N) is 4. The van der Waals surface area contributed by atoms with E-state index in [0.29, 0.717) is 35.6 Å². The van der Waals surface area contributed by atoms with E-state index in [1.165, 1.54) is 26.2 Å². The lowest BCUT2D eigenvalue weighted by molar-refractivity contribution is -0.140. The molecule has 2 fully saturated rings. The number of hydrogen-bond donors (Lipinski definition) is 8. The molecular formula is C35H40N12O10. The van der Waals surface area contributed by atoms with E-state index in [1.54, 1.807) is 18.3 Å². The van der Waals surface area contributed by atoms with E-state index in [1.807, 2.05) is 16.8 Å². The summed E-state index contributed by atoms with van der Waals surface area (Å²) in [5.41, 5.74) is 24.3. The summed E-state index contributed by atoms with van der Waals surface area (Å²) >= 11 is 0. The van der Waals surface area contributed by atoms with Crippen molar-refractivity contribution in [3.63, 3.8) is 0 Å². The van der Waals surface area contributed by atoms with Gasteiger partial charge in [0, 0.05) is 55.6 Å². The van der Waals surface area contributed by atoms with Crippen molar-refractivity contribution < 1.29 is 48.5 Å². The molecule has 0 unspecified atom stereocenters. The SMILES string of the molecule is CN(Cc1cnc2nc(N)nc(N)c2n1)c1ccc(C(=O)N[C@@H](CCC(=O)O)C(=O)O)cc1.CO[C@@]12[C@H](COC(N)=O)C3=C(C(=O)C(C)=C(N)C3=O)N1C[C@@H]1N[C@@H]12. The number of piperazine rings is 1. The van der Waals surface area contributed by atoms with Crippen LogP contribution in [0.5, 0.6) is 0 Å². The van der Waals surface area contributed by atoms with Gasteiger partial charge in [0.2, 0.25) is 17.5 Å². The molecule has 0 radical (unpaired) electrons. The van der Waals surface area contributed by atoms with Crippen LogP contribution in [0.15, 0.2) is 53.0 Å². The number of allylic oxidation sites excluding steroid dienone is 2. The molecule has 22 heteroatoms. The van der Waals surface area contributed by atoms with Crippen molar-refractivity contribution in [3.8, 4) is 0 Å². The number of amides is 2. The summed E-state index contributed by atoms with van der Waals surface area (Å²) in [6.07, 6.45) is 0.0144. The van der Waals surface area contributed by atoms with Gasteiger partial charge in [-0.15, -0.1) is 0 Å². The minimum absolute atomic E-state index is 0.0138. The Balaban J connectivity index is 0.000000202. The Morgan fingerprint density at radius 1 is 1.09 bits per heavy atom. The van der Waals surface area contributed by atoms with Crippen LogP contribution in [0.2, 0.25) is 0 Å². The second kappa shape index (κ2) is 15.3. The molecule has 2 aromatic heterocycles. The number of hydrogen-bond acceptors (Lipinski definition) is 18. The second-order valence-electron chi connectivity index (χ2n) is 13.7. The first-order valence-electron chi connectivity index (χ1n) is 17.4. The summed E-state index contributed by atoms with van der Waals surface area (Å²) < 4.78 is 10.8. The fourth-order valence-electron chi connectivity index (χ4n) is 7.34. The number of carbonyl (C=O) groups is 6. The number of nitrogens with zero attached hydrogens (tertiary/aromatic N) is 6. The van der Waals surface area contributed by atoms with Gasteiger partial charge >= 0.3 is 18.0 Å². The fraction of sp³-hybridized carbons (Fsp3) is 0.371. The van der Waals surface area contributed by atoms with Gasteiger partial charge in [-0.05, 0) is 37.6 Å². The molecule has 12 N–H and O–H groups in total. The number of carbonyl (C=O) groups excluding carboxylic acids is 4. The fourth-order valence-corrected chi connectivity index (χ4v) is 7.34. The number of ketones is 2. The van der Waals surface area contributed by atoms with Crippen molar-refractivity contribution >= 4 is 64.1 Å². The minimum Gasteiger partial charge on any atom is -0.481 e. The van der Waals surface area contributed by atoms with E-state index in [0.717, 1.165) is 5.69 Å². The monoisotopic (exact) mass is 788 g/mol. The quantitative estimate of drug-likeness (QED) is 0.0774. The number of rotatable bonds is 12. The molecule has 3 aromatic rings. The molecule has 57 heavy (non-hydrogen) atoms. The van der Waals surface area contributed by atoms with Crippen LogP contribution in [0.3, 0.4) is 0 Å². The lowest BCUT2D eigenvalue weighted by Gasteiger charge is -2.39. The Bertz CT molecular complexity index is 2260. The Labute approximate surface area is 323 Å². The smallest absolute Gasteiger partial charge is 0.404 e. The number of nitrogens with one attached hydrogen (secondary N) is 2. The number of aromatic nitrogens is 4. The van der Waals surface area contributed by atoms with Gasteiger partial charge in [0.15, 0.2) is 22.7 Å². The maximum Gasteiger partial charge on any atom is 0.404 e. The van der Waals surface area contributed by atoms with Crippen molar-refractivity contribution in [2.75, 3.05) is 43.7 Å². The average molecular weight is 789 g/mol. The Hall–Kier alpha value is -6.94. The molecule has 22 nitrogen and oxygen atoms in total. The van der Waals surface area contributed by atoms with Crippen LogP contribution in [-0.2, 0) is 35.2 Å². The summed E-state index contributed by atoms with van der Waals surface area (Å²) in [4.78, 5) is 91.1. The molecule has 0 saturated carbocycles. The van der Waals surface area contributed by atoms with Gasteiger partial charge in [-0.3, -0.25) is 19.2 Å². The molecule has 5 atom stereocenters. The second-order valence-corrected chi connectivity index (χ2v) is 13.7. The van der Waals surface area contributed by atoms with Gasteiger partial charge in [0.25, 0.3) is 5.91 Å². The Morgan fingerprint density at radius 2 is 1.79 bits per heavy atom. The summed E-state index contributed by atoms with van der Waals surface area (Å²) in [5.74, 6) is -4.25. The zero-order valence-corrected chi connectivity index (χ0v) is 30.9. The Morgan fingerprint density at radius 3 is 2.42 bits per heavy atom. The highest BCUT2D eigenvalue weighted by Crippen LogP contribution is 2.55. The van der Waals surface area contributed by atoms with Gasteiger partial charge in [0.1, 0.15) is 12.6 Å². The summed E-state index contributed by atoms with van der Waals surface area (Å²) in [6, 6.07) is 5.27. The van der Waals surface area contributed by atoms with E-state index >= 15 is 0 Å². The minimum atomic E-state index is -1.30. The number of fused-ring (bicyclic) bond motifs is 5. The van der Waals surface area contributed by atoms with Gasteiger partial charge in [0.05, 0.1) is 41.8 Å². The van der Waals surface area contributed by atoms with E-state index in [9.17, 15) is 33.9 Å². The molecule has 2 amide bonds. The van der Waals surface area contributed by atoms with Gasteiger partial charge in [-0.1, -0.05) is 0 Å². The number of aliphatic carboxylic acids is 2. The van der Waals surface area contributed by atoms with E-state index in [4.69, 9.17) is 37.5 Å². The largest absolute Gasteiger partial charge is 0.481 e. The van der Waals surface area contributed by atoms with Crippen molar-refractivity contribution in [2.45, 2.75) is 50.2 Å². The zero-order valence-electron chi connectivity index (χ0n) is 30.9. The van der Waals surface area contributed by atoms with Gasteiger partial charge in [-0.25, -0.2) is 19.6 Å². The molecule has 0 spiro atoms. The van der Waals surface area contributed by atoms with Crippen molar-refractivity contribution in [2.24, 2.45) is 17.4 Å². The van der Waals surface area contributed by atoms with Crippen LogP contribution in [0, 0.1) is 5.92 Å². The maximum absolute atomic E-state index is 12.8. The topological polar surface area (TPSA) is 357 Å². The molecule has 3 aliphatic heterocycles. The maximum atomic E-state index is 12.8. The number of Topliss-reactive ketones (excluding diaryl/α,β-unsaturated/α-hetero) is 2. The molecule has 2 saturated heterocycles. The molecule has 300 valence electrons. The molecule has 4 aliphatic rings. The van der Waals surface area contributed by atoms with E-state index in [-0.39, 0.29) is 71.5 Å². The third-order valence-corrected chi connectivity index (χ3v) is 10.2. The van der Waals surface area contributed by atoms with Crippen LogP contribution in [-0.4, -0.2) is 122 Å². The first-order chi connectivity index (χ1) is 27.0. The number of primary amides is 1. The number of methoxy groups -OCH3 is 1. The lowest BCUT2D eigenvalue weighted by atomic mass is 9.82. The van der Waals surface area contributed by atoms with E-state index in [2.05, 4.69) is 30.6 Å². The van der Waals surface area contributed by atoms with Crippen LogP contribution in [0.25, 0.3) is 11.2 Å². The highest BCUT2D eigenvalue weighted by atomic mass is 16.6. The third kappa shape index (κ3) is 7.41. The number of nitrogen functional groups attached to an aromatic ring is 2. The van der Waals surface area contributed by atoms with Crippen LogP contribution in [0.1, 0.15) is 35.8 Å². The lowest BCUT2D eigenvalue weighted by Crippen LogP contribution is -2.55. The summed E-state index contributed by atoms with van der Waals surface area (Å²) in [6.45, 7) is 2.29. The number of carboxylic acids is 2. The van der Waals surface area contributed by atoms with Crippen LogP contribution in [0.4, 0.5) is 22.2 Å². The molecule has 1 aliphatic carbocycles. The first-order valence-corrected chi connectivity index (χ1v) is 17.4. The predicted molar refractivity (Wildman–Crippen MR) is 198 cm³/mol. The van der Waals surface area contributed by atoms with Gasteiger partial charge < -0.3 is 63.1 Å². The van der Waals surface area contributed by atoms with Crippen molar-refractivity contribution in [3.05, 3.63) is 64.3 Å². The normalized spacial score (nSPS) is 22.2. The summed E-state index contributed by atoms with van der Waals surface area (Å²) in [7, 11) is 3.33. The third-order valence-electron chi connectivity index (χ3n) is 10.2. The van der Waals surface area contributed by atoms with Crippen molar-refractivity contribution in [1.82, 2.24) is 35.5 Å². The molecule has 1 aromatic carbocycles. The number of carboxylic acid groups (broad SMARTS) is 2. The highest BCUT2D eigenvalue weighted by Gasteiger charge is 2.72. The standard InChI is InChI=1S/C20H22N8O5.C15H18N4O5/c1-28(9-11-8-23-17-15(24-11)16(21)26-20(22)27-17)12-4-2-10(3-5-12)18(31)25-13(19(32)33)6-7-14(29)30;1-5-9(16)12(21)8-6(4-24-14(17)22)15(23-2)13-7(18-13)3-19(15)10(8)11(5)20/h2-5,8,13H,6-7,9H2,1H3,(H,25,31)(H,29,30)(H,32,33)(H4,21,22,23,26,27);6-7,13,18H,3-4,16H2,1-2H3,(H2,17,22)/t13-;6-,7+,13+,15-/m01/s1.